The van der Waals surface area contributed by atoms with Crippen LogP contribution in [-0.4, -0.2) is 41.9 Å². The Hall–Kier alpha value is -2.08. The molecule has 0 aromatic heterocycles. The van der Waals surface area contributed by atoms with Gasteiger partial charge in [0.15, 0.2) is 6.61 Å². The Morgan fingerprint density at radius 2 is 1.96 bits per heavy atom. The lowest BCUT2D eigenvalue weighted by molar-refractivity contribution is -0.152. The first kappa shape index (κ1) is 18.7. The molecule has 2 aliphatic rings. The van der Waals surface area contributed by atoms with Crippen molar-refractivity contribution in [1.29, 1.82) is 0 Å². The maximum Gasteiger partial charge on any atom is 0.311 e. The molecule has 1 aromatic rings. The highest BCUT2D eigenvalue weighted by Crippen LogP contribution is 2.24. The number of carbonyl (C=O) groups excluding carboxylic acids is 3. The Labute approximate surface area is 157 Å². The number of carbonyl (C=O) groups is 3. The summed E-state index contributed by atoms with van der Waals surface area (Å²) in [4.78, 5) is 37.8. The van der Waals surface area contributed by atoms with Gasteiger partial charge in [-0.1, -0.05) is 42.6 Å². The second-order valence-electron chi connectivity index (χ2n) is 6.92. The molecule has 1 saturated heterocycles. The third kappa shape index (κ3) is 4.75. The largest absolute Gasteiger partial charge is 0.455 e. The molecule has 1 atom stereocenters. The van der Waals surface area contributed by atoms with Crippen LogP contribution in [0.5, 0.6) is 0 Å². The number of ether oxygens (including phenoxy) is 1. The lowest BCUT2D eigenvalue weighted by Gasteiger charge is -2.17. The predicted molar refractivity (Wildman–Crippen MR) is 96.3 cm³/mol. The number of hydrogen-bond acceptors (Lipinski definition) is 4. The zero-order valence-corrected chi connectivity index (χ0v) is 15.3. The van der Waals surface area contributed by atoms with Gasteiger partial charge in [-0.3, -0.25) is 14.4 Å². The van der Waals surface area contributed by atoms with E-state index in [1.165, 1.54) is 0 Å². The van der Waals surface area contributed by atoms with Crippen molar-refractivity contribution in [3.8, 4) is 0 Å². The Balaban J connectivity index is 1.46. The molecule has 2 amide bonds. The second kappa shape index (κ2) is 8.54. The average Bonchev–Trinajstić information content (AvgIpc) is 3.25. The van der Waals surface area contributed by atoms with Crippen LogP contribution in [0.2, 0.25) is 5.02 Å². The van der Waals surface area contributed by atoms with Crippen molar-refractivity contribution in [2.45, 2.75) is 44.7 Å². The predicted octanol–water partition coefficient (Wildman–Crippen LogP) is 2.29. The molecule has 1 N–H and O–H groups in total. The lowest BCUT2D eigenvalue weighted by atomic mass is 10.1. The minimum atomic E-state index is -0.538. The summed E-state index contributed by atoms with van der Waals surface area (Å²) in [6.07, 6.45) is 4.31. The van der Waals surface area contributed by atoms with Crippen molar-refractivity contribution in [2.24, 2.45) is 5.92 Å². The fourth-order valence-corrected chi connectivity index (χ4v) is 3.70. The first-order chi connectivity index (χ1) is 12.5. The van der Waals surface area contributed by atoms with Crippen LogP contribution in [0.15, 0.2) is 24.3 Å². The van der Waals surface area contributed by atoms with Crippen molar-refractivity contribution < 1.29 is 19.1 Å². The molecule has 6 nitrogen and oxygen atoms in total. The third-order valence-corrected chi connectivity index (χ3v) is 5.30. The van der Waals surface area contributed by atoms with Crippen molar-refractivity contribution in [2.75, 3.05) is 13.2 Å². The molecule has 3 rings (SSSR count). The quantitative estimate of drug-likeness (QED) is 0.770. The van der Waals surface area contributed by atoms with Gasteiger partial charge >= 0.3 is 5.97 Å². The van der Waals surface area contributed by atoms with Gasteiger partial charge in [-0.15, -0.1) is 0 Å². The molecule has 26 heavy (non-hydrogen) atoms. The van der Waals surface area contributed by atoms with E-state index in [4.69, 9.17) is 16.3 Å². The van der Waals surface area contributed by atoms with Gasteiger partial charge in [0.2, 0.25) is 5.91 Å². The van der Waals surface area contributed by atoms with Crippen LogP contribution >= 0.6 is 11.6 Å². The molecule has 1 aliphatic heterocycles. The lowest BCUT2D eigenvalue weighted by Crippen LogP contribution is -2.36. The molecule has 0 spiro atoms. The number of nitrogens with one attached hydrogen (secondary N) is 1. The Kier molecular flexibility index (Phi) is 6.14. The number of benzene rings is 1. The van der Waals surface area contributed by atoms with Crippen molar-refractivity contribution in [1.82, 2.24) is 10.2 Å². The van der Waals surface area contributed by atoms with E-state index in [0.717, 1.165) is 31.2 Å². The number of rotatable bonds is 6. The topological polar surface area (TPSA) is 75.7 Å². The number of likely N-dealkylation sites (tertiary alicyclic amines) is 1. The normalized spacial score (nSPS) is 20.4. The first-order valence-corrected chi connectivity index (χ1v) is 9.38. The number of hydrogen-bond donors (Lipinski definition) is 1. The molecule has 1 saturated carbocycles. The minimum absolute atomic E-state index is 0.105. The summed E-state index contributed by atoms with van der Waals surface area (Å²) in [7, 11) is 0. The molecule has 1 aliphatic carbocycles. The van der Waals surface area contributed by atoms with Crippen LogP contribution < -0.4 is 5.32 Å². The van der Waals surface area contributed by atoms with Crippen LogP contribution in [0, 0.1) is 5.92 Å². The molecule has 140 valence electrons. The molecule has 0 unspecified atom stereocenters. The average molecular weight is 379 g/mol. The maximum atomic E-state index is 12.2. The zero-order chi connectivity index (χ0) is 18.5. The van der Waals surface area contributed by atoms with E-state index in [-0.39, 0.29) is 37.4 Å². The summed E-state index contributed by atoms with van der Waals surface area (Å²) < 4.78 is 5.11. The van der Waals surface area contributed by atoms with E-state index in [0.29, 0.717) is 11.6 Å². The zero-order valence-electron chi connectivity index (χ0n) is 14.6. The van der Waals surface area contributed by atoms with Crippen LogP contribution in [0.1, 0.15) is 37.7 Å². The molecule has 7 heteroatoms. The van der Waals surface area contributed by atoms with Crippen LogP contribution in [0.4, 0.5) is 0 Å². The van der Waals surface area contributed by atoms with Gasteiger partial charge < -0.3 is 15.0 Å². The van der Waals surface area contributed by atoms with E-state index < -0.39 is 11.9 Å². The number of halogens is 1. The maximum absolute atomic E-state index is 12.2. The third-order valence-electron chi connectivity index (χ3n) is 4.93. The van der Waals surface area contributed by atoms with E-state index in [9.17, 15) is 14.4 Å². The molecular weight excluding hydrogens is 356 g/mol. The summed E-state index contributed by atoms with van der Waals surface area (Å²) in [5, 5.41) is 3.47. The van der Waals surface area contributed by atoms with Crippen LogP contribution in [0.3, 0.4) is 0 Å². The van der Waals surface area contributed by atoms with Gasteiger partial charge in [0, 0.05) is 30.6 Å². The molecule has 2 fully saturated rings. The summed E-state index contributed by atoms with van der Waals surface area (Å²) in [6, 6.07) is 7.51. The SMILES string of the molecule is O=C(COC(=O)[C@H]1CC(=O)N(Cc2ccccc2Cl)C1)NC1CCCC1. The summed E-state index contributed by atoms with van der Waals surface area (Å²) >= 11 is 6.13. The van der Waals surface area contributed by atoms with E-state index in [1.807, 2.05) is 18.2 Å². The number of amides is 2. The molecule has 0 radical (unpaired) electrons. The van der Waals surface area contributed by atoms with Gasteiger partial charge in [-0.2, -0.15) is 0 Å². The highest BCUT2D eigenvalue weighted by molar-refractivity contribution is 6.31. The van der Waals surface area contributed by atoms with Gasteiger partial charge in [-0.25, -0.2) is 0 Å². The summed E-state index contributed by atoms with van der Waals surface area (Å²) in [5.41, 5.74) is 0.840. The van der Waals surface area contributed by atoms with Gasteiger partial charge in [-0.05, 0) is 24.5 Å². The van der Waals surface area contributed by atoms with Gasteiger partial charge in [0.1, 0.15) is 0 Å². The monoisotopic (exact) mass is 378 g/mol. The smallest absolute Gasteiger partial charge is 0.311 e. The van der Waals surface area contributed by atoms with Crippen LogP contribution in [0.25, 0.3) is 0 Å². The van der Waals surface area contributed by atoms with Gasteiger partial charge in [0.25, 0.3) is 5.91 Å². The molecule has 1 aromatic carbocycles. The fraction of sp³-hybridized carbons (Fsp3) is 0.526. The Morgan fingerprint density at radius 3 is 2.69 bits per heavy atom. The van der Waals surface area contributed by atoms with Crippen molar-refractivity contribution in [3.63, 3.8) is 0 Å². The standard InChI is InChI=1S/C19H23ClN2O4/c20-16-8-4-1-5-13(16)10-22-11-14(9-18(22)24)19(25)26-12-17(23)21-15-6-2-3-7-15/h1,4-5,8,14-15H,2-3,6-7,9-12H2,(H,21,23)/t14-/m0/s1. The molecule has 0 bridgehead atoms. The first-order valence-electron chi connectivity index (χ1n) is 9.00. The fourth-order valence-electron chi connectivity index (χ4n) is 3.51. The second-order valence-corrected chi connectivity index (χ2v) is 7.33. The highest BCUT2D eigenvalue weighted by atomic mass is 35.5. The van der Waals surface area contributed by atoms with Crippen molar-refractivity contribution >= 4 is 29.4 Å². The van der Waals surface area contributed by atoms with E-state index in [2.05, 4.69) is 5.32 Å². The Morgan fingerprint density at radius 1 is 1.23 bits per heavy atom. The molecular formula is C19H23ClN2O4. The van der Waals surface area contributed by atoms with E-state index in [1.54, 1.807) is 11.0 Å². The van der Waals surface area contributed by atoms with Crippen LogP contribution in [-0.2, 0) is 25.7 Å². The number of nitrogens with zero attached hydrogens (tertiary/aromatic N) is 1. The summed E-state index contributed by atoms with van der Waals surface area (Å²) in [5.74, 6) is -1.42. The Bertz CT molecular complexity index is 688. The summed E-state index contributed by atoms with van der Waals surface area (Å²) in [6.45, 7) is 0.363. The van der Waals surface area contributed by atoms with Gasteiger partial charge in [0.05, 0.1) is 5.92 Å². The highest BCUT2D eigenvalue weighted by Gasteiger charge is 2.35. The van der Waals surface area contributed by atoms with Crippen molar-refractivity contribution in [3.05, 3.63) is 34.9 Å². The molecule has 1 heterocycles. The van der Waals surface area contributed by atoms with E-state index >= 15 is 0 Å². The number of esters is 1. The minimum Gasteiger partial charge on any atom is -0.455 e.